The maximum Gasteiger partial charge on any atom is 0.278 e. The molecule has 0 aliphatic rings. The summed E-state index contributed by atoms with van der Waals surface area (Å²) < 4.78 is 0. The van der Waals surface area contributed by atoms with Crippen molar-refractivity contribution in [2.75, 3.05) is 6.54 Å². The first-order valence-corrected chi connectivity index (χ1v) is 6.52. The van der Waals surface area contributed by atoms with Gasteiger partial charge in [-0.05, 0) is 32.2 Å². The Morgan fingerprint density at radius 3 is 2.53 bits per heavy atom. The first-order chi connectivity index (χ1) is 8.72. The fourth-order valence-electron chi connectivity index (χ4n) is 1.89. The molecule has 0 aliphatic heterocycles. The molecule has 1 aromatic rings. The molecule has 5 heteroatoms. The molecule has 19 heavy (non-hydrogen) atoms. The minimum absolute atomic E-state index is 0.183. The fraction of sp³-hybridized carbons (Fsp3) is 0.643. The summed E-state index contributed by atoms with van der Waals surface area (Å²) in [6.45, 7) is 11.5. The van der Waals surface area contributed by atoms with Gasteiger partial charge >= 0.3 is 0 Å². The number of nitrogens with zero attached hydrogens (tertiary/aromatic N) is 2. The third-order valence-electron chi connectivity index (χ3n) is 3.10. The molecule has 1 aromatic heterocycles. The van der Waals surface area contributed by atoms with E-state index in [0.29, 0.717) is 17.7 Å². The van der Waals surface area contributed by atoms with Crippen molar-refractivity contribution in [3.8, 4) is 0 Å². The van der Waals surface area contributed by atoms with Crippen LogP contribution in [0.3, 0.4) is 0 Å². The molecule has 5 nitrogen and oxygen atoms in total. The van der Waals surface area contributed by atoms with Gasteiger partial charge in [0, 0.05) is 23.9 Å². The van der Waals surface area contributed by atoms with Gasteiger partial charge in [0.05, 0.1) is 10.6 Å². The van der Waals surface area contributed by atoms with Crippen LogP contribution in [0.2, 0.25) is 0 Å². The lowest BCUT2D eigenvalue weighted by Crippen LogP contribution is -2.21. The highest BCUT2D eigenvalue weighted by Crippen LogP contribution is 2.24. The van der Waals surface area contributed by atoms with Crippen LogP contribution in [-0.4, -0.2) is 16.5 Å². The molecule has 0 unspecified atom stereocenters. The molecule has 0 saturated heterocycles. The van der Waals surface area contributed by atoms with E-state index in [0.717, 1.165) is 18.7 Å². The predicted molar refractivity (Wildman–Crippen MR) is 76.1 cm³/mol. The predicted octanol–water partition coefficient (Wildman–Crippen LogP) is 3.13. The van der Waals surface area contributed by atoms with E-state index in [2.05, 4.69) is 31.1 Å². The highest BCUT2D eigenvalue weighted by atomic mass is 16.6. The van der Waals surface area contributed by atoms with Crippen LogP contribution in [0.15, 0.2) is 6.20 Å². The molecule has 0 saturated carbocycles. The summed E-state index contributed by atoms with van der Waals surface area (Å²) in [6, 6.07) is 0. The third kappa shape index (κ3) is 4.59. The van der Waals surface area contributed by atoms with Crippen LogP contribution in [0.4, 0.5) is 5.69 Å². The quantitative estimate of drug-likeness (QED) is 0.504. The number of nitro groups is 1. The van der Waals surface area contributed by atoms with Crippen LogP contribution in [-0.2, 0) is 6.54 Å². The molecule has 1 N–H and O–H groups in total. The van der Waals surface area contributed by atoms with Gasteiger partial charge in [0.15, 0.2) is 0 Å². The standard InChI is InChI=1S/C14H23N3O2/c1-10-8-16-12(11(2)13(10)17(18)19)9-15-7-6-14(3,4)5/h8,15H,6-7,9H2,1-5H3. The summed E-state index contributed by atoms with van der Waals surface area (Å²) in [4.78, 5) is 15.0. The second-order valence-corrected chi connectivity index (χ2v) is 6.11. The fourth-order valence-corrected chi connectivity index (χ4v) is 1.89. The Bertz CT molecular complexity index is 464. The average molecular weight is 265 g/mol. The Kier molecular flexibility index (Phi) is 5.00. The monoisotopic (exact) mass is 265 g/mol. The Hall–Kier alpha value is -1.49. The summed E-state index contributed by atoms with van der Waals surface area (Å²) in [6.07, 6.45) is 2.63. The Morgan fingerprint density at radius 2 is 2.00 bits per heavy atom. The van der Waals surface area contributed by atoms with Gasteiger partial charge in [-0.2, -0.15) is 0 Å². The van der Waals surface area contributed by atoms with E-state index in [9.17, 15) is 10.1 Å². The highest BCUT2D eigenvalue weighted by molar-refractivity contribution is 5.47. The second-order valence-electron chi connectivity index (χ2n) is 6.11. The molecule has 1 heterocycles. The molecule has 106 valence electrons. The molecule has 0 spiro atoms. The smallest absolute Gasteiger partial charge is 0.278 e. The highest BCUT2D eigenvalue weighted by Gasteiger charge is 2.18. The Balaban J connectivity index is 2.70. The zero-order valence-corrected chi connectivity index (χ0v) is 12.4. The summed E-state index contributed by atoms with van der Waals surface area (Å²) in [7, 11) is 0. The normalized spacial score (nSPS) is 11.6. The maximum absolute atomic E-state index is 11.0. The number of hydrogen-bond donors (Lipinski definition) is 1. The van der Waals surface area contributed by atoms with Crippen LogP contribution in [0.5, 0.6) is 0 Å². The van der Waals surface area contributed by atoms with E-state index in [1.165, 1.54) is 0 Å². The van der Waals surface area contributed by atoms with Gasteiger partial charge in [0.1, 0.15) is 0 Å². The maximum atomic E-state index is 11.0. The number of aromatic nitrogens is 1. The lowest BCUT2D eigenvalue weighted by molar-refractivity contribution is -0.386. The molecule has 1 rings (SSSR count). The summed E-state index contributed by atoms with van der Waals surface area (Å²) in [5.41, 5.74) is 2.50. The Morgan fingerprint density at radius 1 is 1.37 bits per heavy atom. The second kappa shape index (κ2) is 6.10. The molecule has 0 radical (unpaired) electrons. The molecule has 0 fully saturated rings. The van der Waals surface area contributed by atoms with Gasteiger partial charge in [0.2, 0.25) is 0 Å². The van der Waals surface area contributed by atoms with Crippen molar-refractivity contribution in [3.05, 3.63) is 33.1 Å². The van der Waals surface area contributed by atoms with E-state index in [-0.39, 0.29) is 16.0 Å². The average Bonchev–Trinajstić information content (AvgIpc) is 2.25. The molecule has 0 aromatic carbocycles. The van der Waals surface area contributed by atoms with Crippen molar-refractivity contribution in [2.45, 2.75) is 47.6 Å². The zero-order valence-electron chi connectivity index (χ0n) is 12.4. The molecule has 0 aliphatic carbocycles. The van der Waals surface area contributed by atoms with Gasteiger partial charge in [0.25, 0.3) is 5.69 Å². The first kappa shape index (κ1) is 15.6. The van der Waals surface area contributed by atoms with E-state index >= 15 is 0 Å². The minimum Gasteiger partial charge on any atom is -0.311 e. The summed E-state index contributed by atoms with van der Waals surface area (Å²) in [5.74, 6) is 0. The number of aryl methyl sites for hydroxylation is 1. The summed E-state index contributed by atoms with van der Waals surface area (Å²) in [5, 5.41) is 14.3. The van der Waals surface area contributed by atoms with Crippen molar-refractivity contribution in [2.24, 2.45) is 5.41 Å². The molecule has 0 atom stereocenters. The zero-order chi connectivity index (χ0) is 14.6. The van der Waals surface area contributed by atoms with E-state index < -0.39 is 0 Å². The number of pyridine rings is 1. The van der Waals surface area contributed by atoms with Crippen molar-refractivity contribution in [1.82, 2.24) is 10.3 Å². The van der Waals surface area contributed by atoms with E-state index in [4.69, 9.17) is 0 Å². The largest absolute Gasteiger partial charge is 0.311 e. The first-order valence-electron chi connectivity index (χ1n) is 6.52. The molecule has 0 bridgehead atoms. The lowest BCUT2D eigenvalue weighted by atomic mass is 9.92. The SMILES string of the molecule is Cc1cnc(CNCCC(C)(C)C)c(C)c1[N+](=O)[O-]. The van der Waals surface area contributed by atoms with E-state index in [1.54, 1.807) is 20.0 Å². The lowest BCUT2D eigenvalue weighted by Gasteiger charge is -2.18. The minimum atomic E-state index is -0.328. The van der Waals surface area contributed by atoms with Crippen LogP contribution >= 0.6 is 0 Å². The Labute approximate surface area is 114 Å². The van der Waals surface area contributed by atoms with Crippen molar-refractivity contribution in [3.63, 3.8) is 0 Å². The van der Waals surface area contributed by atoms with Gasteiger partial charge < -0.3 is 5.32 Å². The number of hydrogen-bond acceptors (Lipinski definition) is 4. The molecule has 0 amide bonds. The number of rotatable bonds is 5. The van der Waals surface area contributed by atoms with Crippen molar-refractivity contribution < 1.29 is 4.92 Å². The van der Waals surface area contributed by atoms with Crippen molar-refractivity contribution >= 4 is 5.69 Å². The van der Waals surface area contributed by atoms with Crippen molar-refractivity contribution in [1.29, 1.82) is 0 Å². The molecular weight excluding hydrogens is 242 g/mol. The molecular formula is C14H23N3O2. The van der Waals surface area contributed by atoms with Crippen LogP contribution < -0.4 is 5.32 Å². The van der Waals surface area contributed by atoms with Gasteiger partial charge in [-0.1, -0.05) is 20.8 Å². The summed E-state index contributed by atoms with van der Waals surface area (Å²) >= 11 is 0. The van der Waals surface area contributed by atoms with E-state index in [1.807, 2.05) is 0 Å². The van der Waals surface area contributed by atoms with Gasteiger partial charge in [-0.25, -0.2) is 0 Å². The van der Waals surface area contributed by atoms with Crippen LogP contribution in [0.1, 0.15) is 44.0 Å². The third-order valence-corrected chi connectivity index (χ3v) is 3.10. The number of nitrogens with one attached hydrogen (secondary N) is 1. The van der Waals surface area contributed by atoms with Gasteiger partial charge in [-0.3, -0.25) is 15.1 Å². The van der Waals surface area contributed by atoms with Crippen LogP contribution in [0, 0.1) is 29.4 Å². The van der Waals surface area contributed by atoms with Gasteiger partial charge in [-0.15, -0.1) is 0 Å². The topological polar surface area (TPSA) is 68.1 Å². The van der Waals surface area contributed by atoms with Crippen LogP contribution in [0.25, 0.3) is 0 Å².